The van der Waals surface area contributed by atoms with E-state index in [2.05, 4.69) is 31.9 Å². The highest BCUT2D eigenvalue weighted by atomic mass is 16.5. The Labute approximate surface area is 197 Å². The van der Waals surface area contributed by atoms with Crippen molar-refractivity contribution in [2.75, 3.05) is 0 Å². The molecule has 3 aromatic heterocycles. The first kappa shape index (κ1) is 21.9. The van der Waals surface area contributed by atoms with Gasteiger partial charge >= 0.3 is 0 Å². The molecule has 5 rings (SSSR count). The number of imidazole rings is 1. The molecule has 1 atom stereocenters. The molecule has 0 radical (unpaired) electrons. The molecule has 1 aliphatic rings. The number of allylic oxidation sites excluding steroid dienone is 1. The molecule has 1 unspecified atom stereocenters. The summed E-state index contributed by atoms with van der Waals surface area (Å²) >= 11 is 0. The van der Waals surface area contributed by atoms with Crippen LogP contribution in [0.15, 0.2) is 64.9 Å². The summed E-state index contributed by atoms with van der Waals surface area (Å²) in [5, 5.41) is 24.9. The van der Waals surface area contributed by atoms with Gasteiger partial charge < -0.3 is 14.6 Å². The fraction of sp³-hybridized carbons (Fsp3) is 0.269. The van der Waals surface area contributed by atoms with Crippen molar-refractivity contribution in [3.05, 3.63) is 83.9 Å². The first-order valence-electron chi connectivity index (χ1n) is 11.3. The van der Waals surface area contributed by atoms with Crippen molar-refractivity contribution in [2.24, 2.45) is 4.99 Å². The van der Waals surface area contributed by atoms with Gasteiger partial charge in [0.25, 0.3) is 0 Å². The van der Waals surface area contributed by atoms with E-state index in [0.717, 1.165) is 41.0 Å². The number of aromatic nitrogens is 5. The standard InChI is InChI=1S/C26H26N6O2/c1-5-11-27-21(6-2)26(33,22-8-7-12-28-31-22)19-13-18(23-15(3)32-34-16(23)4)14-20-24(19)30-25(29-20)17-9-10-17/h5-8,11-14,17,33H,2,9-10H2,1,3-4H3,(H,29,30)/b11-5-,27-21?. The Hall–Kier alpha value is -3.91. The molecule has 172 valence electrons. The number of H-pyrrole nitrogens is 1. The Bertz CT molecular complexity index is 1410. The normalized spacial score (nSPS) is 16.3. The molecule has 1 aromatic carbocycles. The number of rotatable bonds is 7. The van der Waals surface area contributed by atoms with Gasteiger partial charge in [0.2, 0.25) is 0 Å². The van der Waals surface area contributed by atoms with Gasteiger partial charge in [-0.15, -0.1) is 0 Å². The highest BCUT2D eigenvalue weighted by Gasteiger charge is 2.41. The number of nitrogens with one attached hydrogen (secondary N) is 1. The van der Waals surface area contributed by atoms with E-state index in [9.17, 15) is 5.11 Å². The fourth-order valence-electron chi connectivity index (χ4n) is 4.35. The van der Waals surface area contributed by atoms with Crippen LogP contribution in [0.5, 0.6) is 0 Å². The smallest absolute Gasteiger partial charge is 0.178 e. The molecule has 0 spiro atoms. The third-order valence-electron chi connectivity index (χ3n) is 6.15. The molecule has 1 saturated carbocycles. The van der Waals surface area contributed by atoms with Gasteiger partial charge in [0.15, 0.2) is 5.60 Å². The maximum Gasteiger partial charge on any atom is 0.178 e. The maximum absolute atomic E-state index is 12.4. The molecule has 0 amide bonds. The molecule has 2 N–H and O–H groups in total. The molecule has 1 aliphatic carbocycles. The van der Waals surface area contributed by atoms with Crippen LogP contribution in [-0.4, -0.2) is 36.1 Å². The Morgan fingerprint density at radius 3 is 2.76 bits per heavy atom. The highest BCUT2D eigenvalue weighted by Crippen LogP contribution is 2.43. The van der Waals surface area contributed by atoms with Gasteiger partial charge in [0.05, 0.1) is 22.4 Å². The molecule has 0 saturated heterocycles. The monoisotopic (exact) mass is 454 g/mol. The summed E-state index contributed by atoms with van der Waals surface area (Å²) in [6.45, 7) is 9.56. The second kappa shape index (κ2) is 8.46. The summed E-state index contributed by atoms with van der Waals surface area (Å²) in [6.07, 6.45) is 8.71. The lowest BCUT2D eigenvalue weighted by Crippen LogP contribution is -2.37. The van der Waals surface area contributed by atoms with Crippen LogP contribution in [0.3, 0.4) is 0 Å². The first-order chi connectivity index (χ1) is 16.5. The van der Waals surface area contributed by atoms with Crippen LogP contribution in [0, 0.1) is 13.8 Å². The number of hydrogen-bond acceptors (Lipinski definition) is 7. The van der Waals surface area contributed by atoms with Crippen LogP contribution in [0.2, 0.25) is 0 Å². The van der Waals surface area contributed by atoms with Gasteiger partial charge in [-0.2, -0.15) is 10.2 Å². The van der Waals surface area contributed by atoms with Gasteiger partial charge in [-0.05, 0) is 69.5 Å². The van der Waals surface area contributed by atoms with Gasteiger partial charge in [-0.1, -0.05) is 17.8 Å². The summed E-state index contributed by atoms with van der Waals surface area (Å²) in [5.74, 6) is 2.02. The number of aliphatic imine (C=N–C) groups is 1. The molecule has 1 fully saturated rings. The zero-order chi connectivity index (χ0) is 23.9. The van der Waals surface area contributed by atoms with Crippen LogP contribution in [0.4, 0.5) is 0 Å². The first-order valence-corrected chi connectivity index (χ1v) is 11.3. The third-order valence-corrected chi connectivity index (χ3v) is 6.15. The molecule has 8 nitrogen and oxygen atoms in total. The number of hydrogen-bond donors (Lipinski definition) is 2. The van der Waals surface area contributed by atoms with Gasteiger partial charge in [-0.25, -0.2) is 4.98 Å². The minimum absolute atomic E-state index is 0.319. The molecule has 3 heterocycles. The van der Waals surface area contributed by atoms with Crippen LogP contribution in [-0.2, 0) is 5.60 Å². The Kier molecular flexibility index (Phi) is 5.45. The summed E-state index contributed by atoms with van der Waals surface area (Å²) < 4.78 is 5.44. The number of aliphatic hydroxyl groups is 1. The Morgan fingerprint density at radius 1 is 1.32 bits per heavy atom. The minimum atomic E-state index is -1.75. The van der Waals surface area contributed by atoms with E-state index in [0.29, 0.717) is 34.2 Å². The second-order valence-corrected chi connectivity index (χ2v) is 8.54. The fourth-order valence-corrected chi connectivity index (χ4v) is 4.35. The van der Waals surface area contributed by atoms with Crippen molar-refractivity contribution in [3.63, 3.8) is 0 Å². The van der Waals surface area contributed by atoms with Crippen molar-refractivity contribution in [1.82, 2.24) is 25.3 Å². The van der Waals surface area contributed by atoms with Gasteiger partial charge in [0, 0.05) is 29.4 Å². The van der Waals surface area contributed by atoms with Gasteiger partial charge in [0.1, 0.15) is 17.3 Å². The molecular weight excluding hydrogens is 428 g/mol. The van der Waals surface area contributed by atoms with Crippen LogP contribution < -0.4 is 0 Å². The zero-order valence-electron chi connectivity index (χ0n) is 19.4. The largest absolute Gasteiger partial charge is 0.373 e. The molecular formula is C26H26N6O2. The number of fused-ring (bicyclic) bond motifs is 1. The average Bonchev–Trinajstić information content (AvgIpc) is 3.53. The SMILES string of the molecule is C=CC(=N/C=C\C)C(O)(c1cccnn1)c1cc(-c2c(C)noc2C)cc2[nH]c(C3CC3)nc12. The predicted octanol–water partition coefficient (Wildman–Crippen LogP) is 4.90. The quantitative estimate of drug-likeness (QED) is 0.384. The van der Waals surface area contributed by atoms with Crippen LogP contribution >= 0.6 is 0 Å². The Morgan fingerprint density at radius 2 is 2.15 bits per heavy atom. The van der Waals surface area contributed by atoms with E-state index in [4.69, 9.17) is 9.51 Å². The third kappa shape index (κ3) is 3.56. The molecule has 4 aromatic rings. The van der Waals surface area contributed by atoms with Crippen LogP contribution in [0.1, 0.15) is 54.2 Å². The second-order valence-electron chi connectivity index (χ2n) is 8.54. The number of aryl methyl sites for hydroxylation is 2. The van der Waals surface area contributed by atoms with E-state index < -0.39 is 5.60 Å². The van der Waals surface area contributed by atoms with Gasteiger partial charge in [-0.3, -0.25) is 4.99 Å². The van der Waals surface area contributed by atoms with E-state index in [-0.39, 0.29) is 0 Å². The maximum atomic E-state index is 12.4. The molecule has 8 heteroatoms. The van der Waals surface area contributed by atoms with Crippen LogP contribution in [0.25, 0.3) is 22.2 Å². The summed E-state index contributed by atoms with van der Waals surface area (Å²) in [7, 11) is 0. The number of nitrogens with zero attached hydrogens (tertiary/aromatic N) is 5. The molecule has 0 bridgehead atoms. The van der Waals surface area contributed by atoms with E-state index in [1.165, 1.54) is 6.08 Å². The summed E-state index contributed by atoms with van der Waals surface area (Å²) in [4.78, 5) is 12.9. The highest BCUT2D eigenvalue weighted by molar-refractivity contribution is 6.07. The lowest BCUT2D eigenvalue weighted by molar-refractivity contribution is 0.152. The van der Waals surface area contributed by atoms with E-state index in [1.54, 1.807) is 30.6 Å². The van der Waals surface area contributed by atoms with E-state index in [1.807, 2.05) is 32.9 Å². The topological polar surface area (TPSA) is 113 Å². The Balaban J connectivity index is 1.87. The zero-order valence-corrected chi connectivity index (χ0v) is 19.4. The van der Waals surface area contributed by atoms with Crippen molar-refractivity contribution in [1.29, 1.82) is 0 Å². The number of benzene rings is 1. The summed E-state index contributed by atoms with van der Waals surface area (Å²) in [6, 6.07) is 7.40. The van der Waals surface area contributed by atoms with E-state index >= 15 is 0 Å². The minimum Gasteiger partial charge on any atom is -0.373 e. The van der Waals surface area contributed by atoms with Crippen molar-refractivity contribution in [2.45, 2.75) is 45.1 Å². The van der Waals surface area contributed by atoms with Crippen molar-refractivity contribution in [3.8, 4) is 11.1 Å². The molecule has 34 heavy (non-hydrogen) atoms. The average molecular weight is 455 g/mol. The molecule has 0 aliphatic heterocycles. The lowest BCUT2D eigenvalue weighted by Gasteiger charge is -2.28. The van der Waals surface area contributed by atoms with Crippen molar-refractivity contribution >= 4 is 16.7 Å². The van der Waals surface area contributed by atoms with Crippen molar-refractivity contribution < 1.29 is 9.63 Å². The predicted molar refractivity (Wildman–Crippen MR) is 131 cm³/mol. The summed E-state index contributed by atoms with van der Waals surface area (Å²) in [5.41, 5.74) is 3.38. The number of aromatic amines is 1. The lowest BCUT2D eigenvalue weighted by atomic mass is 9.82.